The first-order valence-corrected chi connectivity index (χ1v) is 10.5. The summed E-state index contributed by atoms with van der Waals surface area (Å²) in [6.45, 7) is 6.04. The monoisotopic (exact) mass is 437 g/mol. The van der Waals surface area contributed by atoms with Gasteiger partial charge >= 0.3 is 0 Å². The lowest BCUT2D eigenvalue weighted by atomic mass is 10.0. The van der Waals surface area contributed by atoms with Crippen LogP contribution in [0.3, 0.4) is 0 Å². The van der Waals surface area contributed by atoms with Crippen molar-refractivity contribution in [2.24, 2.45) is 0 Å². The Bertz CT molecular complexity index is 1020. The number of hydrogen-bond donors (Lipinski definition) is 1. The van der Waals surface area contributed by atoms with Crippen LogP contribution >= 0.6 is 15.9 Å². The van der Waals surface area contributed by atoms with E-state index >= 15 is 0 Å². The van der Waals surface area contributed by atoms with Crippen molar-refractivity contribution in [2.45, 2.75) is 33.1 Å². The average molecular weight is 438 g/mol. The maximum atomic E-state index is 13.3. The van der Waals surface area contributed by atoms with Crippen LogP contribution in [-0.4, -0.2) is 24.0 Å². The number of pyridine rings is 1. The first-order chi connectivity index (χ1) is 13.5. The third-order valence-electron chi connectivity index (χ3n) is 5.36. The van der Waals surface area contributed by atoms with Gasteiger partial charge in [-0.25, -0.2) is 4.98 Å². The summed E-state index contributed by atoms with van der Waals surface area (Å²) in [6, 6.07) is 13.8. The van der Waals surface area contributed by atoms with Gasteiger partial charge in [-0.05, 0) is 63.4 Å². The van der Waals surface area contributed by atoms with Crippen molar-refractivity contribution in [1.82, 2.24) is 4.98 Å². The zero-order valence-corrected chi connectivity index (χ0v) is 17.8. The smallest absolute Gasteiger partial charge is 0.256 e. The van der Waals surface area contributed by atoms with E-state index in [1.54, 1.807) is 0 Å². The van der Waals surface area contributed by atoms with Crippen LogP contribution in [0.2, 0.25) is 0 Å². The summed E-state index contributed by atoms with van der Waals surface area (Å²) in [5.41, 5.74) is 4.46. The molecule has 4 rings (SSSR count). The van der Waals surface area contributed by atoms with E-state index in [-0.39, 0.29) is 5.91 Å². The molecule has 0 bridgehead atoms. The second-order valence-corrected chi connectivity index (χ2v) is 8.38. The molecule has 1 aromatic heterocycles. The molecule has 144 valence electrons. The van der Waals surface area contributed by atoms with Gasteiger partial charge in [-0.2, -0.15) is 0 Å². The molecule has 1 amide bonds. The minimum absolute atomic E-state index is 0.0925. The first kappa shape index (κ1) is 18.9. The van der Waals surface area contributed by atoms with Gasteiger partial charge < -0.3 is 10.2 Å². The number of benzene rings is 2. The number of carbonyl (C=O) groups excluding carboxylic acids is 1. The lowest BCUT2D eigenvalue weighted by Crippen LogP contribution is -2.31. The molecule has 0 atom stereocenters. The van der Waals surface area contributed by atoms with Crippen molar-refractivity contribution in [3.8, 4) is 0 Å². The summed E-state index contributed by atoms with van der Waals surface area (Å²) in [5.74, 6) is 0.841. The van der Waals surface area contributed by atoms with E-state index in [1.165, 1.54) is 24.8 Å². The number of piperidine rings is 1. The zero-order chi connectivity index (χ0) is 19.7. The van der Waals surface area contributed by atoms with Gasteiger partial charge in [-0.1, -0.05) is 33.6 Å². The van der Waals surface area contributed by atoms with Crippen molar-refractivity contribution in [3.63, 3.8) is 0 Å². The number of aromatic nitrogens is 1. The second-order valence-electron chi connectivity index (χ2n) is 7.46. The fraction of sp³-hybridized carbons (Fsp3) is 0.304. The predicted molar refractivity (Wildman–Crippen MR) is 119 cm³/mol. The van der Waals surface area contributed by atoms with Crippen LogP contribution in [0, 0.1) is 13.8 Å². The van der Waals surface area contributed by atoms with E-state index in [1.807, 2.05) is 56.3 Å². The molecule has 0 radical (unpaired) electrons. The summed E-state index contributed by atoms with van der Waals surface area (Å²) in [5, 5.41) is 3.94. The van der Waals surface area contributed by atoms with Crippen LogP contribution in [0.25, 0.3) is 10.9 Å². The molecule has 3 aromatic rings. The number of aryl methyl sites for hydroxylation is 1. The Morgan fingerprint density at radius 3 is 2.46 bits per heavy atom. The molecular weight excluding hydrogens is 414 g/mol. The van der Waals surface area contributed by atoms with Gasteiger partial charge in [0.15, 0.2) is 0 Å². The number of carbonyl (C=O) groups is 1. The summed E-state index contributed by atoms with van der Waals surface area (Å²) < 4.78 is 0.941. The van der Waals surface area contributed by atoms with Crippen LogP contribution < -0.4 is 10.2 Å². The van der Waals surface area contributed by atoms with Crippen LogP contribution in [-0.2, 0) is 0 Å². The van der Waals surface area contributed by atoms with Crippen molar-refractivity contribution >= 4 is 44.2 Å². The third-order valence-corrected chi connectivity index (χ3v) is 5.85. The molecule has 4 nitrogen and oxygen atoms in total. The third kappa shape index (κ3) is 3.76. The SMILES string of the molecule is Cc1ccc(NC(=O)c2c(C)c(N3CCCCC3)nc3ccc(Br)cc23)cc1. The van der Waals surface area contributed by atoms with E-state index in [0.29, 0.717) is 5.56 Å². The number of nitrogens with one attached hydrogen (secondary N) is 1. The van der Waals surface area contributed by atoms with Crippen LogP contribution in [0.15, 0.2) is 46.9 Å². The maximum Gasteiger partial charge on any atom is 0.256 e. The van der Waals surface area contributed by atoms with Gasteiger partial charge in [0.2, 0.25) is 0 Å². The molecule has 2 aromatic carbocycles. The Labute approximate surface area is 174 Å². The quantitative estimate of drug-likeness (QED) is 0.558. The van der Waals surface area contributed by atoms with E-state index in [2.05, 4.69) is 26.1 Å². The fourth-order valence-corrected chi connectivity index (χ4v) is 4.22. The van der Waals surface area contributed by atoms with Crippen LogP contribution in [0.1, 0.15) is 40.7 Å². The minimum atomic E-state index is -0.0925. The van der Waals surface area contributed by atoms with E-state index in [9.17, 15) is 4.79 Å². The highest BCUT2D eigenvalue weighted by Gasteiger charge is 2.22. The van der Waals surface area contributed by atoms with Gasteiger partial charge in [0.25, 0.3) is 5.91 Å². The highest BCUT2D eigenvalue weighted by Crippen LogP contribution is 2.32. The van der Waals surface area contributed by atoms with Crippen molar-refractivity contribution in [1.29, 1.82) is 0 Å². The van der Waals surface area contributed by atoms with Gasteiger partial charge in [-0.3, -0.25) is 4.79 Å². The highest BCUT2D eigenvalue weighted by molar-refractivity contribution is 9.10. The number of halogens is 1. The first-order valence-electron chi connectivity index (χ1n) is 9.76. The lowest BCUT2D eigenvalue weighted by molar-refractivity contribution is 0.102. The van der Waals surface area contributed by atoms with Crippen molar-refractivity contribution in [2.75, 3.05) is 23.3 Å². The maximum absolute atomic E-state index is 13.3. The van der Waals surface area contributed by atoms with E-state index in [4.69, 9.17) is 4.98 Å². The molecule has 1 aliphatic heterocycles. The summed E-state index contributed by atoms with van der Waals surface area (Å²) in [7, 11) is 0. The summed E-state index contributed by atoms with van der Waals surface area (Å²) >= 11 is 3.54. The second kappa shape index (κ2) is 7.92. The molecule has 0 aliphatic carbocycles. The largest absolute Gasteiger partial charge is 0.356 e. The number of nitrogens with zero attached hydrogens (tertiary/aromatic N) is 2. The van der Waals surface area contributed by atoms with Crippen LogP contribution in [0.5, 0.6) is 0 Å². The Balaban J connectivity index is 1.81. The van der Waals surface area contributed by atoms with Gasteiger partial charge in [-0.15, -0.1) is 0 Å². The number of hydrogen-bond acceptors (Lipinski definition) is 3. The average Bonchev–Trinajstić information content (AvgIpc) is 2.70. The molecule has 0 saturated carbocycles. The molecule has 1 saturated heterocycles. The molecule has 5 heteroatoms. The zero-order valence-electron chi connectivity index (χ0n) is 16.3. The highest BCUT2D eigenvalue weighted by atomic mass is 79.9. The topological polar surface area (TPSA) is 45.2 Å². The Morgan fingerprint density at radius 1 is 1.04 bits per heavy atom. The fourth-order valence-electron chi connectivity index (χ4n) is 3.85. The van der Waals surface area contributed by atoms with E-state index < -0.39 is 0 Å². The molecule has 28 heavy (non-hydrogen) atoms. The number of amides is 1. The number of anilines is 2. The molecule has 1 fully saturated rings. The van der Waals surface area contributed by atoms with Gasteiger partial charge in [0.1, 0.15) is 5.82 Å². The molecular formula is C23H24BrN3O. The molecule has 1 N–H and O–H groups in total. The standard InChI is InChI=1S/C23H24BrN3O/c1-15-6-9-18(10-7-15)25-23(28)21-16(2)22(27-12-4-3-5-13-27)26-20-11-8-17(24)14-19(20)21/h6-11,14H,3-5,12-13H2,1-2H3,(H,25,28). The Kier molecular flexibility index (Phi) is 5.36. The number of rotatable bonds is 3. The van der Waals surface area contributed by atoms with Crippen molar-refractivity contribution < 1.29 is 4.79 Å². The van der Waals surface area contributed by atoms with Gasteiger partial charge in [0, 0.05) is 34.2 Å². The van der Waals surface area contributed by atoms with Gasteiger partial charge in [0.05, 0.1) is 11.1 Å². The predicted octanol–water partition coefficient (Wildman–Crippen LogP) is 5.86. The summed E-state index contributed by atoms with van der Waals surface area (Å²) in [6.07, 6.45) is 3.60. The van der Waals surface area contributed by atoms with Crippen molar-refractivity contribution in [3.05, 3.63) is 63.6 Å². The lowest BCUT2D eigenvalue weighted by Gasteiger charge is -2.30. The van der Waals surface area contributed by atoms with Crippen LogP contribution in [0.4, 0.5) is 11.5 Å². The Hall–Kier alpha value is -2.40. The number of fused-ring (bicyclic) bond motifs is 1. The molecule has 0 unspecified atom stereocenters. The molecule has 1 aliphatic rings. The molecule has 0 spiro atoms. The normalized spacial score (nSPS) is 14.3. The van der Waals surface area contributed by atoms with E-state index in [0.717, 1.165) is 45.5 Å². The summed E-state index contributed by atoms with van der Waals surface area (Å²) in [4.78, 5) is 20.6. The minimum Gasteiger partial charge on any atom is -0.356 e. The molecule has 2 heterocycles. The Morgan fingerprint density at radius 2 is 1.75 bits per heavy atom.